The second-order valence-electron chi connectivity index (χ2n) is 3.69. The molecule has 0 spiro atoms. The van der Waals surface area contributed by atoms with Crippen molar-refractivity contribution in [2.45, 2.75) is 19.9 Å². The van der Waals surface area contributed by atoms with E-state index >= 15 is 0 Å². The second kappa shape index (κ2) is 4.45. The number of benzene rings is 1. The molecule has 78 valence electrons. The molecule has 0 unspecified atom stereocenters. The molecule has 1 aromatic heterocycles. The van der Waals surface area contributed by atoms with Crippen molar-refractivity contribution in [3.8, 4) is 10.4 Å². The molecule has 0 fully saturated rings. The third-order valence-electron chi connectivity index (χ3n) is 1.98. The Labute approximate surface area is 94.0 Å². The van der Waals surface area contributed by atoms with Gasteiger partial charge in [-0.3, -0.25) is 0 Å². The number of hydrogen-bond acceptors (Lipinski definition) is 3. The van der Waals surface area contributed by atoms with Crippen LogP contribution in [0, 0.1) is 0 Å². The summed E-state index contributed by atoms with van der Waals surface area (Å²) < 4.78 is 0. The number of hydrogen-bond donors (Lipinski definition) is 1. The molecule has 1 aromatic carbocycles. The molecule has 0 aliphatic carbocycles. The largest absolute Gasteiger partial charge is 0.359 e. The highest BCUT2D eigenvalue weighted by molar-refractivity contribution is 7.18. The average Bonchev–Trinajstić information content (AvgIpc) is 2.67. The zero-order chi connectivity index (χ0) is 10.7. The van der Waals surface area contributed by atoms with E-state index < -0.39 is 0 Å². The molecule has 0 aliphatic rings. The zero-order valence-electron chi connectivity index (χ0n) is 8.90. The summed E-state index contributed by atoms with van der Waals surface area (Å²) in [6.45, 7) is 4.23. The molecule has 0 saturated carbocycles. The Bertz CT molecular complexity index is 420. The summed E-state index contributed by atoms with van der Waals surface area (Å²) in [5.41, 5.74) is 1.23. The van der Waals surface area contributed by atoms with Gasteiger partial charge in [-0.25, -0.2) is 4.98 Å². The maximum atomic E-state index is 4.34. The maximum absolute atomic E-state index is 4.34. The van der Waals surface area contributed by atoms with E-state index in [9.17, 15) is 0 Å². The number of nitrogens with zero attached hydrogens (tertiary/aromatic N) is 1. The Kier molecular flexibility index (Phi) is 3.02. The van der Waals surface area contributed by atoms with Gasteiger partial charge in [0.05, 0.1) is 4.88 Å². The minimum absolute atomic E-state index is 0.430. The average molecular weight is 218 g/mol. The van der Waals surface area contributed by atoms with Crippen LogP contribution in [-0.4, -0.2) is 11.0 Å². The van der Waals surface area contributed by atoms with Crippen LogP contribution in [0.3, 0.4) is 0 Å². The fraction of sp³-hybridized carbons (Fsp3) is 0.250. The smallest absolute Gasteiger partial charge is 0.183 e. The monoisotopic (exact) mass is 218 g/mol. The first-order valence-electron chi connectivity index (χ1n) is 5.03. The first-order valence-corrected chi connectivity index (χ1v) is 5.85. The molecule has 0 atom stereocenters. The predicted octanol–water partition coefficient (Wildman–Crippen LogP) is 3.63. The molecule has 2 rings (SSSR count). The van der Waals surface area contributed by atoms with Crippen molar-refractivity contribution in [1.82, 2.24) is 4.98 Å². The van der Waals surface area contributed by atoms with Gasteiger partial charge in [-0.2, -0.15) is 0 Å². The molecule has 15 heavy (non-hydrogen) atoms. The SMILES string of the molecule is CC(C)Nc1ncc(-c2ccccc2)s1. The van der Waals surface area contributed by atoms with Gasteiger partial charge in [-0.15, -0.1) is 0 Å². The lowest BCUT2D eigenvalue weighted by Gasteiger charge is -2.04. The Hall–Kier alpha value is -1.35. The molecular weight excluding hydrogens is 204 g/mol. The van der Waals surface area contributed by atoms with Crippen molar-refractivity contribution in [2.24, 2.45) is 0 Å². The van der Waals surface area contributed by atoms with Crippen molar-refractivity contribution >= 4 is 16.5 Å². The minimum Gasteiger partial charge on any atom is -0.359 e. The first kappa shape index (κ1) is 10.2. The molecule has 0 aliphatic heterocycles. The fourth-order valence-corrected chi connectivity index (χ4v) is 2.29. The van der Waals surface area contributed by atoms with Crippen LogP contribution in [0.25, 0.3) is 10.4 Å². The summed E-state index contributed by atoms with van der Waals surface area (Å²) in [6, 6.07) is 10.8. The lowest BCUT2D eigenvalue weighted by Crippen LogP contribution is -2.08. The highest BCUT2D eigenvalue weighted by atomic mass is 32.1. The van der Waals surface area contributed by atoms with Gasteiger partial charge in [0.2, 0.25) is 0 Å². The van der Waals surface area contributed by atoms with Crippen LogP contribution >= 0.6 is 11.3 Å². The molecule has 2 aromatic rings. The van der Waals surface area contributed by atoms with Crippen LogP contribution in [0.5, 0.6) is 0 Å². The molecule has 0 radical (unpaired) electrons. The van der Waals surface area contributed by atoms with Crippen LogP contribution in [-0.2, 0) is 0 Å². The number of rotatable bonds is 3. The standard InChI is InChI=1S/C12H14N2S/c1-9(2)14-12-13-8-11(15-12)10-6-4-3-5-7-10/h3-9H,1-2H3,(H,13,14). The quantitative estimate of drug-likeness (QED) is 0.851. The lowest BCUT2D eigenvalue weighted by molar-refractivity contribution is 0.896. The van der Waals surface area contributed by atoms with Gasteiger partial charge in [-0.05, 0) is 19.4 Å². The maximum Gasteiger partial charge on any atom is 0.183 e. The number of nitrogens with one attached hydrogen (secondary N) is 1. The Morgan fingerprint density at radius 2 is 1.93 bits per heavy atom. The molecule has 3 heteroatoms. The van der Waals surface area contributed by atoms with Crippen LogP contribution in [0.4, 0.5) is 5.13 Å². The van der Waals surface area contributed by atoms with E-state index in [-0.39, 0.29) is 0 Å². The van der Waals surface area contributed by atoms with Gasteiger partial charge in [0.25, 0.3) is 0 Å². The van der Waals surface area contributed by atoms with Gasteiger partial charge in [-0.1, -0.05) is 41.7 Å². The Morgan fingerprint density at radius 1 is 1.20 bits per heavy atom. The van der Waals surface area contributed by atoms with E-state index in [0.717, 1.165) is 5.13 Å². The summed E-state index contributed by atoms with van der Waals surface area (Å²) in [7, 11) is 0. The molecule has 0 bridgehead atoms. The number of anilines is 1. The van der Waals surface area contributed by atoms with E-state index in [1.807, 2.05) is 24.4 Å². The Morgan fingerprint density at radius 3 is 2.60 bits per heavy atom. The lowest BCUT2D eigenvalue weighted by atomic mass is 10.2. The summed E-state index contributed by atoms with van der Waals surface area (Å²) in [5.74, 6) is 0. The van der Waals surface area contributed by atoms with Gasteiger partial charge in [0.1, 0.15) is 0 Å². The van der Waals surface area contributed by atoms with Crippen molar-refractivity contribution in [1.29, 1.82) is 0 Å². The van der Waals surface area contributed by atoms with Crippen molar-refractivity contribution in [2.75, 3.05) is 5.32 Å². The highest BCUT2D eigenvalue weighted by Gasteiger charge is 2.04. The Balaban J connectivity index is 2.21. The van der Waals surface area contributed by atoms with Gasteiger partial charge in [0.15, 0.2) is 5.13 Å². The summed E-state index contributed by atoms with van der Waals surface area (Å²) in [6.07, 6.45) is 1.92. The molecule has 2 nitrogen and oxygen atoms in total. The molecule has 0 saturated heterocycles. The topological polar surface area (TPSA) is 24.9 Å². The van der Waals surface area contributed by atoms with Gasteiger partial charge in [0, 0.05) is 12.2 Å². The minimum atomic E-state index is 0.430. The van der Waals surface area contributed by atoms with Crippen LogP contribution in [0.15, 0.2) is 36.5 Å². The molecule has 1 N–H and O–H groups in total. The van der Waals surface area contributed by atoms with Crippen LogP contribution in [0.1, 0.15) is 13.8 Å². The van der Waals surface area contributed by atoms with Crippen molar-refractivity contribution in [3.05, 3.63) is 36.5 Å². The van der Waals surface area contributed by atoms with Crippen molar-refractivity contribution < 1.29 is 0 Å². The molecule has 0 amide bonds. The third kappa shape index (κ3) is 2.57. The first-order chi connectivity index (χ1) is 7.25. The van der Waals surface area contributed by atoms with Gasteiger partial charge >= 0.3 is 0 Å². The van der Waals surface area contributed by atoms with Crippen LogP contribution < -0.4 is 5.32 Å². The van der Waals surface area contributed by atoms with Gasteiger partial charge < -0.3 is 5.32 Å². The summed E-state index contributed by atoms with van der Waals surface area (Å²) in [5, 5.41) is 4.29. The van der Waals surface area contributed by atoms with E-state index in [2.05, 4.69) is 36.3 Å². The molecular formula is C12H14N2S. The number of aromatic nitrogens is 1. The highest BCUT2D eigenvalue weighted by Crippen LogP contribution is 2.28. The van der Waals surface area contributed by atoms with Crippen molar-refractivity contribution in [3.63, 3.8) is 0 Å². The predicted molar refractivity (Wildman–Crippen MR) is 66.3 cm³/mol. The number of thiazole rings is 1. The third-order valence-corrected chi connectivity index (χ3v) is 2.95. The normalized spacial score (nSPS) is 10.6. The summed E-state index contributed by atoms with van der Waals surface area (Å²) >= 11 is 1.69. The van der Waals surface area contributed by atoms with E-state index in [1.165, 1.54) is 10.4 Å². The van der Waals surface area contributed by atoms with E-state index in [1.54, 1.807) is 11.3 Å². The van der Waals surface area contributed by atoms with E-state index in [4.69, 9.17) is 0 Å². The summed E-state index contributed by atoms with van der Waals surface area (Å²) in [4.78, 5) is 5.55. The zero-order valence-corrected chi connectivity index (χ0v) is 9.71. The second-order valence-corrected chi connectivity index (χ2v) is 4.73. The molecule has 1 heterocycles. The van der Waals surface area contributed by atoms with Crippen LogP contribution in [0.2, 0.25) is 0 Å². The van der Waals surface area contributed by atoms with E-state index in [0.29, 0.717) is 6.04 Å². The fourth-order valence-electron chi connectivity index (χ4n) is 1.32.